The third-order valence-corrected chi connectivity index (χ3v) is 5.36. The summed E-state index contributed by atoms with van der Waals surface area (Å²) in [6, 6.07) is 15.2. The van der Waals surface area contributed by atoms with Crippen molar-refractivity contribution in [3.8, 4) is 5.75 Å². The molecule has 0 bridgehead atoms. The number of hydrazone groups is 1. The van der Waals surface area contributed by atoms with Crippen LogP contribution in [0.15, 0.2) is 67.7 Å². The van der Waals surface area contributed by atoms with E-state index in [0.29, 0.717) is 19.1 Å². The van der Waals surface area contributed by atoms with Gasteiger partial charge in [-0.25, -0.2) is 10.2 Å². The molecule has 0 fully saturated rings. The molecule has 2 aromatic carbocycles. The molecule has 9 nitrogen and oxygen atoms in total. The molecule has 0 atom stereocenters. The maximum absolute atomic E-state index is 12.6. The number of rotatable bonds is 7. The summed E-state index contributed by atoms with van der Waals surface area (Å²) in [6.07, 6.45) is 1.64. The molecule has 0 aliphatic heterocycles. The number of imidazole rings is 1. The van der Waals surface area contributed by atoms with Crippen molar-refractivity contribution >= 4 is 39.3 Å². The lowest BCUT2D eigenvalue weighted by atomic mass is 10.2. The number of H-pyrrole nitrogens is 1. The number of hydrogen-bond donors (Lipinski definition) is 2. The predicted octanol–water partition coefficient (Wildman–Crippen LogP) is 3.08. The Kier molecular flexibility index (Phi) is 6.22. The second-order valence-electron chi connectivity index (χ2n) is 7.01. The number of nitrogens with one attached hydrogen (secondary N) is 2. The number of halogens is 1. The minimum absolute atomic E-state index is 0.273. The van der Waals surface area contributed by atoms with Gasteiger partial charge < -0.3 is 4.74 Å². The van der Waals surface area contributed by atoms with Crippen LogP contribution in [0.3, 0.4) is 0 Å². The summed E-state index contributed by atoms with van der Waals surface area (Å²) in [5, 5.41) is 4.27. The molecule has 0 aliphatic carbocycles. The van der Waals surface area contributed by atoms with Crippen LogP contribution in [0.5, 0.6) is 5.75 Å². The average molecular weight is 497 g/mol. The highest BCUT2D eigenvalue weighted by molar-refractivity contribution is 9.10. The van der Waals surface area contributed by atoms with E-state index in [0.717, 1.165) is 21.3 Å². The van der Waals surface area contributed by atoms with Crippen LogP contribution in [0, 0.1) is 0 Å². The number of hydrogen-bond acceptors (Lipinski definition) is 6. The van der Waals surface area contributed by atoms with E-state index in [4.69, 9.17) is 4.74 Å². The van der Waals surface area contributed by atoms with E-state index < -0.39 is 11.2 Å². The zero-order valence-corrected chi connectivity index (χ0v) is 19.1. The van der Waals surface area contributed by atoms with Gasteiger partial charge in [-0.3, -0.25) is 18.9 Å². The molecule has 0 amide bonds. The molecule has 0 unspecified atom stereocenters. The molecule has 2 aromatic heterocycles. The number of ether oxygens (including phenoxy) is 1. The fourth-order valence-electron chi connectivity index (χ4n) is 3.23. The molecule has 2 N–H and O–H groups in total. The average Bonchev–Trinajstić information content (AvgIpc) is 3.14. The van der Waals surface area contributed by atoms with Crippen molar-refractivity contribution in [3.05, 3.63) is 85.0 Å². The summed E-state index contributed by atoms with van der Waals surface area (Å²) in [5.74, 6) is 1.13. The second-order valence-corrected chi connectivity index (χ2v) is 7.93. The highest BCUT2D eigenvalue weighted by Gasteiger charge is 2.17. The summed E-state index contributed by atoms with van der Waals surface area (Å²) >= 11 is 3.42. The highest BCUT2D eigenvalue weighted by atomic mass is 79.9. The van der Waals surface area contributed by atoms with E-state index in [1.54, 1.807) is 17.8 Å². The van der Waals surface area contributed by atoms with E-state index in [9.17, 15) is 9.59 Å². The zero-order valence-electron chi connectivity index (χ0n) is 17.5. The quantitative estimate of drug-likeness (QED) is 0.302. The maximum Gasteiger partial charge on any atom is 0.329 e. The molecular formula is C22H21BrN6O3. The van der Waals surface area contributed by atoms with Gasteiger partial charge in [0.25, 0.3) is 5.56 Å². The summed E-state index contributed by atoms with van der Waals surface area (Å²) in [4.78, 5) is 31.4. The standard InChI is InChI=1S/C22H21BrN6O3/c1-3-32-17-10-6-14(7-11-17)12-24-27-21-25-19-18(20(30)26-22(31)28(19)2)29(21)13-15-4-8-16(23)9-5-15/h4-12H,3,13H2,1-2H3,(H,25,27)(H,26,30,31)/b24-12+. The van der Waals surface area contributed by atoms with Crippen LogP contribution in [-0.2, 0) is 13.6 Å². The summed E-state index contributed by atoms with van der Waals surface area (Å²) in [6.45, 7) is 2.90. The molecule has 10 heteroatoms. The molecule has 2 heterocycles. The van der Waals surface area contributed by atoms with Gasteiger partial charge in [-0.15, -0.1) is 0 Å². The molecule has 4 rings (SSSR count). The Labute approximate surface area is 191 Å². The van der Waals surface area contributed by atoms with Crippen LogP contribution < -0.4 is 21.4 Å². The first-order valence-electron chi connectivity index (χ1n) is 9.92. The number of aromatic amines is 1. The Morgan fingerprint density at radius 1 is 1.16 bits per heavy atom. The molecule has 4 aromatic rings. The van der Waals surface area contributed by atoms with Gasteiger partial charge in [0.15, 0.2) is 11.2 Å². The SMILES string of the molecule is CCOc1ccc(/C=N/Nc2nc3c(c(=O)[nH]c(=O)n3C)n2Cc2ccc(Br)cc2)cc1. The van der Waals surface area contributed by atoms with E-state index in [1.165, 1.54) is 4.57 Å². The van der Waals surface area contributed by atoms with Crippen LogP contribution in [0.25, 0.3) is 11.2 Å². The first kappa shape index (κ1) is 21.6. The van der Waals surface area contributed by atoms with Crippen LogP contribution >= 0.6 is 15.9 Å². The summed E-state index contributed by atoms with van der Waals surface area (Å²) < 4.78 is 9.40. The highest BCUT2D eigenvalue weighted by Crippen LogP contribution is 2.19. The Hall–Kier alpha value is -3.66. The fourth-order valence-corrected chi connectivity index (χ4v) is 3.49. The fraction of sp³-hybridized carbons (Fsp3) is 0.182. The number of fused-ring (bicyclic) bond motifs is 1. The van der Waals surface area contributed by atoms with E-state index in [1.807, 2.05) is 55.5 Å². The van der Waals surface area contributed by atoms with Gasteiger partial charge >= 0.3 is 5.69 Å². The lowest BCUT2D eigenvalue weighted by Crippen LogP contribution is -2.29. The number of nitrogens with zero attached hydrogens (tertiary/aromatic N) is 4. The van der Waals surface area contributed by atoms with Crippen LogP contribution in [0.1, 0.15) is 18.1 Å². The summed E-state index contributed by atoms with van der Waals surface area (Å²) in [7, 11) is 1.56. The largest absolute Gasteiger partial charge is 0.494 e. The van der Waals surface area contributed by atoms with Gasteiger partial charge in [-0.05, 0) is 54.4 Å². The lowest BCUT2D eigenvalue weighted by molar-refractivity contribution is 0.340. The molecule has 0 spiro atoms. The van der Waals surface area contributed by atoms with Crippen molar-refractivity contribution in [2.45, 2.75) is 13.5 Å². The maximum atomic E-state index is 12.6. The predicted molar refractivity (Wildman–Crippen MR) is 128 cm³/mol. The van der Waals surface area contributed by atoms with E-state index in [2.05, 4.69) is 36.4 Å². The van der Waals surface area contributed by atoms with E-state index in [-0.39, 0.29) is 11.2 Å². The molecular weight excluding hydrogens is 476 g/mol. The van der Waals surface area contributed by atoms with Crippen LogP contribution in [0.4, 0.5) is 5.95 Å². The van der Waals surface area contributed by atoms with Gasteiger partial charge in [0.1, 0.15) is 5.75 Å². The minimum atomic E-state index is -0.528. The third-order valence-electron chi connectivity index (χ3n) is 4.83. The number of aryl methyl sites for hydroxylation is 1. The van der Waals surface area contributed by atoms with Crippen molar-refractivity contribution in [1.82, 2.24) is 19.1 Å². The molecule has 0 aliphatic rings. The second kappa shape index (κ2) is 9.23. The monoisotopic (exact) mass is 496 g/mol. The van der Waals surface area contributed by atoms with Gasteiger partial charge in [0.2, 0.25) is 5.95 Å². The topological polar surface area (TPSA) is 106 Å². The first-order valence-corrected chi connectivity index (χ1v) is 10.7. The normalized spacial score (nSPS) is 11.3. The zero-order chi connectivity index (χ0) is 22.7. The Morgan fingerprint density at radius 2 is 1.88 bits per heavy atom. The number of anilines is 1. The number of aromatic nitrogens is 4. The molecule has 0 saturated heterocycles. The van der Waals surface area contributed by atoms with Crippen molar-refractivity contribution in [2.75, 3.05) is 12.0 Å². The van der Waals surface area contributed by atoms with Gasteiger partial charge in [-0.2, -0.15) is 10.1 Å². The molecule has 0 saturated carbocycles. The van der Waals surface area contributed by atoms with Crippen molar-refractivity contribution < 1.29 is 4.74 Å². The van der Waals surface area contributed by atoms with Gasteiger partial charge in [-0.1, -0.05) is 28.1 Å². The van der Waals surface area contributed by atoms with Crippen molar-refractivity contribution in [1.29, 1.82) is 0 Å². The molecule has 164 valence electrons. The Bertz CT molecular complexity index is 1380. The van der Waals surface area contributed by atoms with Crippen LogP contribution in [-0.4, -0.2) is 31.9 Å². The van der Waals surface area contributed by atoms with Crippen molar-refractivity contribution in [2.24, 2.45) is 12.1 Å². The molecule has 0 radical (unpaired) electrons. The van der Waals surface area contributed by atoms with Crippen LogP contribution in [0.2, 0.25) is 0 Å². The minimum Gasteiger partial charge on any atom is -0.494 e. The number of benzene rings is 2. The smallest absolute Gasteiger partial charge is 0.329 e. The lowest BCUT2D eigenvalue weighted by Gasteiger charge is -2.08. The third kappa shape index (κ3) is 4.50. The summed E-state index contributed by atoms with van der Waals surface area (Å²) in [5.41, 5.74) is 4.26. The Morgan fingerprint density at radius 3 is 2.56 bits per heavy atom. The Balaban J connectivity index is 1.70. The van der Waals surface area contributed by atoms with Crippen molar-refractivity contribution in [3.63, 3.8) is 0 Å². The van der Waals surface area contributed by atoms with E-state index >= 15 is 0 Å². The van der Waals surface area contributed by atoms with Gasteiger partial charge in [0, 0.05) is 11.5 Å². The first-order chi connectivity index (χ1) is 15.5. The van der Waals surface area contributed by atoms with Gasteiger partial charge in [0.05, 0.1) is 19.4 Å². The molecule has 32 heavy (non-hydrogen) atoms.